The van der Waals surface area contributed by atoms with Crippen LogP contribution in [0.3, 0.4) is 0 Å². The number of nitrogens with zero attached hydrogens (tertiary/aromatic N) is 1. The molecule has 1 amide bonds. The first-order valence-corrected chi connectivity index (χ1v) is 20.5. The number of phenols is 1. The van der Waals surface area contributed by atoms with Crippen LogP contribution in [0.4, 0.5) is 0 Å². The molecule has 13 heteroatoms. The standard InChI is InChI=1S/C45H44N4O8S/c50-38-20-18-36(37-19-21-41(52)48-42(37)38)39(51)29-46-27-31-12-10-30(11-13-31)26-34-6-4-5-9-40(34)58(56,57)47-28-32-14-16-33(17-15-32)43(53)49-24-22-45(23-25-49,44(54)55)35-7-2-1-3-8-35/h1-21,39,46-47,50-51H,22-29H2,(H,48,52)(H,54,55)/t39-/m0/s1. The minimum absolute atomic E-state index is 0.0198. The number of benzene rings is 5. The lowest BCUT2D eigenvalue weighted by Crippen LogP contribution is -2.49. The highest BCUT2D eigenvalue weighted by atomic mass is 32.2. The summed E-state index contributed by atoms with van der Waals surface area (Å²) in [4.78, 5) is 41.9. The number of nitrogens with one attached hydrogen (secondary N) is 3. The zero-order valence-corrected chi connectivity index (χ0v) is 32.4. The summed E-state index contributed by atoms with van der Waals surface area (Å²) in [5, 5.41) is 34.9. The predicted octanol–water partition coefficient (Wildman–Crippen LogP) is 5.38. The lowest BCUT2D eigenvalue weighted by atomic mass is 9.73. The predicted molar refractivity (Wildman–Crippen MR) is 220 cm³/mol. The molecule has 1 aliphatic heterocycles. The number of hydrogen-bond donors (Lipinski definition) is 6. The van der Waals surface area contributed by atoms with E-state index in [1.807, 2.05) is 54.6 Å². The Morgan fingerprint density at radius 2 is 1.41 bits per heavy atom. The van der Waals surface area contributed by atoms with E-state index >= 15 is 0 Å². The summed E-state index contributed by atoms with van der Waals surface area (Å²) in [6.45, 7) is 1.33. The third-order valence-corrected chi connectivity index (χ3v) is 12.4. The van der Waals surface area contributed by atoms with Crippen molar-refractivity contribution in [3.8, 4) is 5.75 Å². The van der Waals surface area contributed by atoms with E-state index in [4.69, 9.17) is 0 Å². The number of aromatic hydroxyl groups is 1. The van der Waals surface area contributed by atoms with Gasteiger partial charge in [0.1, 0.15) is 5.75 Å². The Morgan fingerprint density at radius 3 is 2.12 bits per heavy atom. The van der Waals surface area contributed by atoms with Crippen LogP contribution in [0.15, 0.2) is 137 Å². The Morgan fingerprint density at radius 1 is 0.776 bits per heavy atom. The van der Waals surface area contributed by atoms with E-state index in [1.165, 1.54) is 12.1 Å². The number of carbonyl (C=O) groups excluding carboxylic acids is 1. The van der Waals surface area contributed by atoms with Gasteiger partial charge in [0.25, 0.3) is 5.91 Å². The number of H-pyrrole nitrogens is 1. The molecule has 7 rings (SSSR count). The van der Waals surface area contributed by atoms with Crippen LogP contribution in [-0.2, 0) is 39.7 Å². The van der Waals surface area contributed by atoms with Crippen molar-refractivity contribution in [2.45, 2.75) is 48.8 Å². The van der Waals surface area contributed by atoms with Crippen LogP contribution in [0.25, 0.3) is 10.9 Å². The fourth-order valence-electron chi connectivity index (χ4n) is 7.60. The summed E-state index contributed by atoms with van der Waals surface area (Å²) in [5.41, 5.74) is 3.84. The molecule has 298 valence electrons. The number of aliphatic carboxylic acids is 1. The molecule has 0 bridgehead atoms. The van der Waals surface area contributed by atoms with Crippen molar-refractivity contribution in [2.24, 2.45) is 0 Å². The molecule has 12 nitrogen and oxygen atoms in total. The van der Waals surface area contributed by atoms with Crippen LogP contribution >= 0.6 is 0 Å². The molecular formula is C45H44N4O8S. The molecule has 1 aromatic heterocycles. The van der Waals surface area contributed by atoms with Gasteiger partial charge in [0.2, 0.25) is 15.6 Å². The minimum atomic E-state index is -3.90. The van der Waals surface area contributed by atoms with Crippen LogP contribution in [0.2, 0.25) is 0 Å². The molecule has 6 N–H and O–H groups in total. The number of aliphatic hydroxyl groups is 1. The summed E-state index contributed by atoms with van der Waals surface area (Å²) in [5.74, 6) is -1.16. The molecule has 1 saturated heterocycles. The molecule has 0 aliphatic carbocycles. The molecule has 5 aromatic carbocycles. The number of carboxylic acids is 1. The molecule has 1 aliphatic rings. The van der Waals surface area contributed by atoms with Crippen LogP contribution < -0.4 is 15.6 Å². The van der Waals surface area contributed by atoms with E-state index < -0.39 is 27.5 Å². The number of carboxylic acid groups (broad SMARTS) is 1. The summed E-state index contributed by atoms with van der Waals surface area (Å²) >= 11 is 0. The Hall–Kier alpha value is -6.12. The van der Waals surface area contributed by atoms with E-state index in [0.717, 1.165) is 16.7 Å². The maximum atomic E-state index is 13.6. The van der Waals surface area contributed by atoms with Crippen LogP contribution in [-0.4, -0.2) is 65.1 Å². The SMILES string of the molecule is O=C(c1ccc(CNS(=O)(=O)c2ccccc2Cc2ccc(CNC[C@H](O)c3ccc(O)c4[nH]c(=O)ccc34)cc2)cc1)N1CCC(C(=O)O)(c2ccccc2)CC1. The van der Waals surface area contributed by atoms with Gasteiger partial charge in [-0.25, -0.2) is 13.1 Å². The number of rotatable bonds is 14. The Kier molecular flexibility index (Phi) is 11.9. The molecule has 0 saturated carbocycles. The highest BCUT2D eigenvalue weighted by Crippen LogP contribution is 2.36. The second-order valence-corrected chi connectivity index (χ2v) is 16.3. The van der Waals surface area contributed by atoms with Crippen molar-refractivity contribution in [3.63, 3.8) is 0 Å². The van der Waals surface area contributed by atoms with Crippen LogP contribution in [0.1, 0.15) is 62.7 Å². The number of aromatic nitrogens is 1. The summed E-state index contributed by atoms with van der Waals surface area (Å²) in [7, 11) is -3.90. The molecular weight excluding hydrogens is 757 g/mol. The number of likely N-dealkylation sites (tertiary alicyclic amines) is 1. The quantitative estimate of drug-likeness (QED) is 0.0840. The lowest BCUT2D eigenvalue weighted by molar-refractivity contribution is -0.145. The van der Waals surface area contributed by atoms with Gasteiger partial charge in [-0.15, -0.1) is 0 Å². The zero-order chi connectivity index (χ0) is 40.9. The maximum Gasteiger partial charge on any atom is 0.314 e. The third-order valence-electron chi connectivity index (χ3n) is 10.9. The second-order valence-electron chi connectivity index (χ2n) is 14.6. The Balaban J connectivity index is 0.918. The van der Waals surface area contributed by atoms with Crippen molar-refractivity contribution >= 4 is 32.8 Å². The molecule has 0 unspecified atom stereocenters. The van der Waals surface area contributed by atoms with Crippen molar-refractivity contribution in [1.29, 1.82) is 0 Å². The molecule has 2 heterocycles. The number of phenolic OH excluding ortho intramolecular Hbond substituents is 1. The minimum Gasteiger partial charge on any atom is -0.506 e. The number of sulfonamides is 1. The van der Waals surface area contributed by atoms with E-state index in [0.29, 0.717) is 66.5 Å². The van der Waals surface area contributed by atoms with Gasteiger partial charge in [0.05, 0.1) is 21.9 Å². The molecule has 1 fully saturated rings. The fraction of sp³-hybridized carbons (Fsp3) is 0.222. The average molecular weight is 801 g/mol. The largest absolute Gasteiger partial charge is 0.506 e. The topological polar surface area (TPSA) is 189 Å². The monoisotopic (exact) mass is 800 g/mol. The molecule has 58 heavy (non-hydrogen) atoms. The number of fused-ring (bicyclic) bond motifs is 1. The van der Waals surface area contributed by atoms with Crippen molar-refractivity contribution < 1.29 is 33.3 Å². The van der Waals surface area contributed by atoms with Crippen molar-refractivity contribution in [3.05, 3.63) is 177 Å². The Labute approximate surface area is 335 Å². The normalized spacial score (nSPS) is 14.6. The van der Waals surface area contributed by atoms with Gasteiger partial charge in [-0.05, 0) is 83.0 Å². The van der Waals surface area contributed by atoms with Gasteiger partial charge in [0.15, 0.2) is 0 Å². The van der Waals surface area contributed by atoms with Crippen LogP contribution in [0, 0.1) is 0 Å². The number of pyridine rings is 1. The smallest absolute Gasteiger partial charge is 0.314 e. The number of aliphatic hydroxyl groups excluding tert-OH is 1. The summed E-state index contributed by atoms with van der Waals surface area (Å²) in [6, 6.07) is 36.5. The second kappa shape index (κ2) is 17.2. The van der Waals surface area contributed by atoms with Gasteiger partial charge in [-0.3, -0.25) is 14.4 Å². The van der Waals surface area contributed by atoms with Crippen molar-refractivity contribution in [1.82, 2.24) is 19.9 Å². The number of aromatic amines is 1. The molecule has 0 spiro atoms. The first-order valence-electron chi connectivity index (χ1n) is 19.0. The van der Waals surface area contributed by atoms with Gasteiger partial charge >= 0.3 is 5.97 Å². The van der Waals surface area contributed by atoms with E-state index in [9.17, 15) is 38.1 Å². The summed E-state index contributed by atoms with van der Waals surface area (Å²) < 4.78 is 29.8. The van der Waals surface area contributed by atoms with Gasteiger partial charge < -0.3 is 30.5 Å². The van der Waals surface area contributed by atoms with Crippen molar-refractivity contribution in [2.75, 3.05) is 19.6 Å². The first kappa shape index (κ1) is 40.1. The van der Waals surface area contributed by atoms with Gasteiger partial charge in [-0.2, -0.15) is 0 Å². The van der Waals surface area contributed by atoms with E-state index in [-0.39, 0.29) is 40.7 Å². The number of piperidine rings is 1. The van der Waals surface area contributed by atoms with Gasteiger partial charge in [0, 0.05) is 49.7 Å². The third kappa shape index (κ3) is 8.72. The number of amides is 1. The van der Waals surface area contributed by atoms with Gasteiger partial charge in [-0.1, -0.05) is 91.0 Å². The first-order chi connectivity index (χ1) is 27.9. The molecule has 0 radical (unpaired) electrons. The van der Waals surface area contributed by atoms with Crippen LogP contribution in [0.5, 0.6) is 5.75 Å². The number of carbonyl (C=O) groups is 2. The highest BCUT2D eigenvalue weighted by molar-refractivity contribution is 7.89. The Bertz CT molecular complexity index is 2590. The average Bonchev–Trinajstić information content (AvgIpc) is 3.24. The zero-order valence-electron chi connectivity index (χ0n) is 31.6. The van der Waals surface area contributed by atoms with E-state index in [1.54, 1.807) is 65.6 Å². The maximum absolute atomic E-state index is 13.6. The van der Waals surface area contributed by atoms with E-state index in [2.05, 4.69) is 15.0 Å². The number of hydrogen-bond acceptors (Lipinski definition) is 8. The lowest BCUT2D eigenvalue weighted by Gasteiger charge is -2.39. The summed E-state index contributed by atoms with van der Waals surface area (Å²) in [6.07, 6.45) is 0.107. The molecule has 6 aromatic rings. The highest BCUT2D eigenvalue weighted by Gasteiger charge is 2.44. The fourth-order valence-corrected chi connectivity index (χ4v) is 8.85. The molecule has 1 atom stereocenters.